The summed E-state index contributed by atoms with van der Waals surface area (Å²) in [6.07, 6.45) is 2.22. The minimum Gasteiger partial charge on any atom is -0.397 e. The monoisotopic (exact) mass is 301 g/mol. The van der Waals surface area contributed by atoms with E-state index in [2.05, 4.69) is 10.0 Å². The van der Waals surface area contributed by atoms with E-state index in [0.29, 0.717) is 11.7 Å². The molecule has 1 heterocycles. The van der Waals surface area contributed by atoms with Crippen LogP contribution in [0.4, 0.5) is 11.4 Å². The fraction of sp³-hybridized carbons (Fsp3) is 0.500. The van der Waals surface area contributed by atoms with Crippen LogP contribution in [0.15, 0.2) is 23.1 Å². The van der Waals surface area contributed by atoms with E-state index >= 15 is 0 Å². The van der Waals surface area contributed by atoms with Crippen LogP contribution >= 0.6 is 11.8 Å². The number of sulfonamides is 1. The summed E-state index contributed by atoms with van der Waals surface area (Å²) in [5, 5.41) is 3.39. The van der Waals surface area contributed by atoms with Crippen molar-refractivity contribution in [1.29, 1.82) is 0 Å². The highest BCUT2D eigenvalue weighted by molar-refractivity contribution is 7.99. The Balaban J connectivity index is 2.15. The summed E-state index contributed by atoms with van der Waals surface area (Å²) in [6.45, 7) is 0. The van der Waals surface area contributed by atoms with Gasteiger partial charge in [-0.3, -0.25) is 0 Å². The Labute approximate surface area is 118 Å². The van der Waals surface area contributed by atoms with Gasteiger partial charge in [-0.2, -0.15) is 11.8 Å². The molecule has 0 spiro atoms. The Morgan fingerprint density at radius 3 is 2.58 bits per heavy atom. The quantitative estimate of drug-likeness (QED) is 0.734. The van der Waals surface area contributed by atoms with Gasteiger partial charge in [-0.15, -0.1) is 0 Å². The molecule has 4 N–H and O–H groups in total. The first-order valence-corrected chi connectivity index (χ1v) is 8.84. The summed E-state index contributed by atoms with van der Waals surface area (Å²) in [5.74, 6) is 2.31. The van der Waals surface area contributed by atoms with E-state index in [9.17, 15) is 8.42 Å². The summed E-state index contributed by atoms with van der Waals surface area (Å²) in [5.41, 5.74) is 7.21. The lowest BCUT2D eigenvalue weighted by molar-refractivity contribution is 0.588. The molecule has 1 aromatic carbocycles. The van der Waals surface area contributed by atoms with Crippen LogP contribution in [0.5, 0.6) is 0 Å². The highest BCUT2D eigenvalue weighted by Crippen LogP contribution is 2.26. The standard InChI is InChI=1S/C12H19N3O2S2/c1-14-19(16,17)10-2-3-12(11(13)8-10)15-9-4-6-18-7-5-9/h2-3,8-9,14-15H,4-7,13H2,1H3. The van der Waals surface area contributed by atoms with E-state index in [1.165, 1.54) is 13.1 Å². The lowest BCUT2D eigenvalue weighted by Gasteiger charge is -2.24. The van der Waals surface area contributed by atoms with Crippen molar-refractivity contribution in [3.8, 4) is 0 Å². The van der Waals surface area contributed by atoms with Gasteiger partial charge in [0.05, 0.1) is 16.3 Å². The van der Waals surface area contributed by atoms with Gasteiger partial charge >= 0.3 is 0 Å². The molecule has 1 fully saturated rings. The van der Waals surface area contributed by atoms with Crippen molar-refractivity contribution >= 4 is 33.2 Å². The number of thioether (sulfide) groups is 1. The van der Waals surface area contributed by atoms with Crippen LogP contribution in [0, 0.1) is 0 Å². The van der Waals surface area contributed by atoms with Crippen LogP contribution in [0.2, 0.25) is 0 Å². The topological polar surface area (TPSA) is 84.2 Å². The Morgan fingerprint density at radius 1 is 1.32 bits per heavy atom. The SMILES string of the molecule is CNS(=O)(=O)c1ccc(NC2CCSCC2)c(N)c1. The van der Waals surface area contributed by atoms with Crippen LogP contribution in [0.1, 0.15) is 12.8 Å². The number of benzene rings is 1. The number of anilines is 2. The molecule has 1 aromatic rings. The van der Waals surface area contributed by atoms with E-state index < -0.39 is 10.0 Å². The third kappa shape index (κ3) is 3.55. The van der Waals surface area contributed by atoms with Crippen molar-refractivity contribution < 1.29 is 8.42 Å². The molecule has 0 saturated carbocycles. The number of hydrogen-bond donors (Lipinski definition) is 3. The number of rotatable bonds is 4. The van der Waals surface area contributed by atoms with E-state index in [-0.39, 0.29) is 4.90 Å². The summed E-state index contributed by atoms with van der Waals surface area (Å²) >= 11 is 1.96. The van der Waals surface area contributed by atoms with Gasteiger partial charge in [0.1, 0.15) is 0 Å². The van der Waals surface area contributed by atoms with Gasteiger partial charge in [-0.05, 0) is 49.6 Å². The molecule has 0 amide bonds. The summed E-state index contributed by atoms with van der Waals surface area (Å²) in [6, 6.07) is 5.23. The van der Waals surface area contributed by atoms with Crippen LogP contribution in [0.3, 0.4) is 0 Å². The predicted octanol–water partition coefficient (Wildman–Crippen LogP) is 1.48. The van der Waals surface area contributed by atoms with Gasteiger partial charge in [0, 0.05) is 6.04 Å². The molecule has 19 heavy (non-hydrogen) atoms. The Kier molecular flexibility index (Phi) is 4.59. The highest BCUT2D eigenvalue weighted by Gasteiger charge is 2.16. The maximum Gasteiger partial charge on any atom is 0.240 e. The molecule has 0 aliphatic carbocycles. The zero-order chi connectivity index (χ0) is 13.9. The number of hydrogen-bond acceptors (Lipinski definition) is 5. The third-order valence-corrected chi connectivity index (χ3v) is 5.64. The first-order chi connectivity index (χ1) is 9.03. The van der Waals surface area contributed by atoms with Crippen LogP contribution in [-0.2, 0) is 10.0 Å². The lowest BCUT2D eigenvalue weighted by Crippen LogP contribution is -2.25. The Hall–Kier alpha value is -0.920. The van der Waals surface area contributed by atoms with Gasteiger partial charge < -0.3 is 11.1 Å². The van der Waals surface area contributed by atoms with Crippen molar-refractivity contribution in [2.45, 2.75) is 23.8 Å². The molecule has 0 aromatic heterocycles. The Bertz CT molecular complexity index is 540. The number of nitrogens with two attached hydrogens (primary N) is 1. The second-order valence-electron chi connectivity index (χ2n) is 4.49. The zero-order valence-electron chi connectivity index (χ0n) is 10.8. The third-order valence-electron chi connectivity index (χ3n) is 3.18. The molecule has 1 saturated heterocycles. The molecule has 0 atom stereocenters. The van der Waals surface area contributed by atoms with E-state index in [1.54, 1.807) is 12.1 Å². The average Bonchev–Trinajstić information content (AvgIpc) is 2.42. The second kappa shape index (κ2) is 6.02. The second-order valence-corrected chi connectivity index (χ2v) is 7.60. The molecule has 0 bridgehead atoms. The summed E-state index contributed by atoms with van der Waals surface area (Å²) < 4.78 is 25.6. The van der Waals surface area contributed by atoms with E-state index in [4.69, 9.17) is 5.73 Å². The largest absolute Gasteiger partial charge is 0.397 e. The first kappa shape index (κ1) is 14.5. The van der Waals surface area contributed by atoms with Crippen LogP contribution in [-0.4, -0.2) is 33.0 Å². The molecule has 2 rings (SSSR count). The maximum absolute atomic E-state index is 11.7. The lowest BCUT2D eigenvalue weighted by atomic mass is 10.1. The average molecular weight is 301 g/mol. The molecule has 7 heteroatoms. The van der Waals surface area contributed by atoms with Crippen molar-refractivity contribution in [3.05, 3.63) is 18.2 Å². The molecular weight excluding hydrogens is 282 g/mol. The van der Waals surface area contributed by atoms with Gasteiger partial charge in [-0.25, -0.2) is 13.1 Å². The normalized spacial score (nSPS) is 17.3. The van der Waals surface area contributed by atoms with Crippen molar-refractivity contribution in [1.82, 2.24) is 4.72 Å². The van der Waals surface area contributed by atoms with Gasteiger partial charge in [-0.1, -0.05) is 0 Å². The maximum atomic E-state index is 11.7. The predicted molar refractivity (Wildman–Crippen MR) is 81.1 cm³/mol. The van der Waals surface area contributed by atoms with Crippen molar-refractivity contribution in [2.75, 3.05) is 29.6 Å². The molecular formula is C12H19N3O2S2. The fourth-order valence-corrected chi connectivity index (χ4v) is 3.89. The molecule has 0 unspecified atom stereocenters. The smallest absolute Gasteiger partial charge is 0.240 e. The summed E-state index contributed by atoms with van der Waals surface area (Å²) in [4.78, 5) is 0.192. The van der Waals surface area contributed by atoms with E-state index in [1.807, 2.05) is 11.8 Å². The zero-order valence-corrected chi connectivity index (χ0v) is 12.5. The molecule has 1 aliphatic heterocycles. The van der Waals surface area contributed by atoms with E-state index in [0.717, 1.165) is 30.0 Å². The molecule has 0 radical (unpaired) electrons. The first-order valence-electron chi connectivity index (χ1n) is 6.20. The highest BCUT2D eigenvalue weighted by atomic mass is 32.2. The van der Waals surface area contributed by atoms with Gasteiger partial charge in [0.25, 0.3) is 0 Å². The summed E-state index contributed by atoms with van der Waals surface area (Å²) in [7, 11) is -2.05. The van der Waals surface area contributed by atoms with Crippen molar-refractivity contribution in [3.63, 3.8) is 0 Å². The van der Waals surface area contributed by atoms with Crippen molar-refractivity contribution in [2.24, 2.45) is 0 Å². The minimum atomic E-state index is -3.43. The van der Waals surface area contributed by atoms with Crippen LogP contribution in [0.25, 0.3) is 0 Å². The number of nitrogen functional groups attached to an aromatic ring is 1. The molecule has 106 valence electrons. The van der Waals surface area contributed by atoms with Crippen LogP contribution < -0.4 is 15.8 Å². The molecule has 1 aliphatic rings. The Morgan fingerprint density at radius 2 is 2.00 bits per heavy atom. The minimum absolute atomic E-state index is 0.192. The number of nitrogens with one attached hydrogen (secondary N) is 2. The molecule has 5 nitrogen and oxygen atoms in total. The fourth-order valence-electron chi connectivity index (χ4n) is 2.02. The van der Waals surface area contributed by atoms with Gasteiger partial charge in [0.2, 0.25) is 10.0 Å². The van der Waals surface area contributed by atoms with Gasteiger partial charge in [0.15, 0.2) is 0 Å².